The van der Waals surface area contributed by atoms with E-state index < -0.39 is 12.1 Å². The normalized spacial score (nSPS) is 21.3. The topological polar surface area (TPSA) is 103 Å². The molecular formula is C5H9N3O4. The highest BCUT2D eigenvalue weighted by Crippen LogP contribution is 1.98. The van der Waals surface area contributed by atoms with Crippen LogP contribution in [0.15, 0.2) is 0 Å². The molecule has 1 heterocycles. The molecule has 0 bridgehead atoms. The van der Waals surface area contributed by atoms with E-state index in [4.69, 9.17) is 5.73 Å². The predicted octanol–water partition coefficient (Wildman–Crippen LogP) is -1.31. The van der Waals surface area contributed by atoms with E-state index in [0.29, 0.717) is 6.54 Å². The summed E-state index contributed by atoms with van der Waals surface area (Å²) in [6.45, 7) is 0.459. The van der Waals surface area contributed by atoms with E-state index in [9.17, 15) is 9.59 Å². The number of primary amides is 1. The molecule has 0 saturated carbocycles. The van der Waals surface area contributed by atoms with Crippen molar-refractivity contribution in [3.8, 4) is 0 Å². The fourth-order valence-corrected chi connectivity index (χ4v) is 0.731. The molecule has 1 saturated heterocycles. The summed E-state index contributed by atoms with van der Waals surface area (Å²) >= 11 is 0. The highest BCUT2D eigenvalue weighted by atomic mass is 16.7. The highest BCUT2D eigenvalue weighted by Gasteiger charge is 2.22. The number of rotatable bonds is 3. The number of alkyl carbamates (subject to hydrolysis) is 1. The quantitative estimate of drug-likeness (QED) is 0.463. The van der Waals surface area contributed by atoms with Gasteiger partial charge in [0.15, 0.2) is 0 Å². The fraction of sp³-hybridized carbons (Fsp3) is 0.600. The third-order valence-corrected chi connectivity index (χ3v) is 1.19. The standard InChI is InChI=1S/C5H9N3O4/c6-4(9)8-11-2-3-1-7-5(10)12-3/h3H,1-2H2,(H,7,10)(H3,6,8,9). The Balaban J connectivity index is 2.08. The van der Waals surface area contributed by atoms with Crippen LogP contribution in [-0.4, -0.2) is 31.4 Å². The van der Waals surface area contributed by atoms with Crippen molar-refractivity contribution in [3.05, 3.63) is 0 Å². The van der Waals surface area contributed by atoms with Gasteiger partial charge in [-0.3, -0.25) is 4.84 Å². The first-order valence-electron chi connectivity index (χ1n) is 3.30. The maximum Gasteiger partial charge on any atom is 0.407 e. The predicted molar refractivity (Wildman–Crippen MR) is 36.9 cm³/mol. The molecule has 0 aromatic carbocycles. The number of ether oxygens (including phenoxy) is 1. The van der Waals surface area contributed by atoms with Crippen molar-refractivity contribution >= 4 is 12.1 Å². The highest BCUT2D eigenvalue weighted by molar-refractivity contribution is 5.70. The molecular weight excluding hydrogens is 166 g/mol. The van der Waals surface area contributed by atoms with E-state index in [-0.39, 0.29) is 12.7 Å². The van der Waals surface area contributed by atoms with Gasteiger partial charge in [0.25, 0.3) is 0 Å². The Morgan fingerprint density at radius 3 is 3.17 bits per heavy atom. The maximum atomic E-state index is 10.4. The van der Waals surface area contributed by atoms with Crippen LogP contribution in [0, 0.1) is 0 Å². The summed E-state index contributed by atoms with van der Waals surface area (Å²) in [5.41, 5.74) is 6.61. The Hall–Kier alpha value is -1.50. The van der Waals surface area contributed by atoms with Gasteiger partial charge in [0.2, 0.25) is 0 Å². The first-order valence-corrected chi connectivity index (χ1v) is 3.30. The van der Waals surface area contributed by atoms with Gasteiger partial charge in [-0.1, -0.05) is 0 Å². The van der Waals surface area contributed by atoms with Gasteiger partial charge < -0.3 is 15.8 Å². The molecule has 1 aliphatic rings. The zero-order valence-corrected chi connectivity index (χ0v) is 6.20. The van der Waals surface area contributed by atoms with Gasteiger partial charge >= 0.3 is 12.1 Å². The van der Waals surface area contributed by atoms with Crippen molar-refractivity contribution in [2.45, 2.75) is 6.10 Å². The molecule has 0 spiro atoms. The molecule has 68 valence electrons. The van der Waals surface area contributed by atoms with Gasteiger partial charge in [0, 0.05) is 0 Å². The molecule has 0 aromatic rings. The second-order valence-electron chi connectivity index (χ2n) is 2.19. The van der Waals surface area contributed by atoms with Crippen LogP contribution >= 0.6 is 0 Å². The minimum atomic E-state index is -0.785. The lowest BCUT2D eigenvalue weighted by molar-refractivity contribution is 0.00795. The van der Waals surface area contributed by atoms with Crippen molar-refractivity contribution < 1.29 is 19.2 Å². The number of carbonyl (C=O) groups is 2. The summed E-state index contributed by atoms with van der Waals surface area (Å²) in [4.78, 5) is 25.1. The van der Waals surface area contributed by atoms with Crippen molar-refractivity contribution in [3.63, 3.8) is 0 Å². The van der Waals surface area contributed by atoms with E-state index in [2.05, 4.69) is 14.9 Å². The summed E-state index contributed by atoms with van der Waals surface area (Å²) in [6.07, 6.45) is -0.855. The molecule has 1 fully saturated rings. The van der Waals surface area contributed by atoms with Crippen molar-refractivity contribution in [2.75, 3.05) is 13.2 Å². The largest absolute Gasteiger partial charge is 0.442 e. The Kier molecular flexibility index (Phi) is 2.70. The average Bonchev–Trinajstić information content (AvgIpc) is 2.35. The number of hydrogen-bond donors (Lipinski definition) is 3. The molecule has 7 heteroatoms. The molecule has 4 N–H and O–H groups in total. The monoisotopic (exact) mass is 175 g/mol. The summed E-state index contributed by atoms with van der Waals surface area (Å²) in [5, 5.41) is 2.42. The van der Waals surface area contributed by atoms with Crippen LogP contribution in [0.2, 0.25) is 0 Å². The van der Waals surface area contributed by atoms with Crippen LogP contribution in [0.25, 0.3) is 0 Å². The Labute approximate surface area is 68.1 Å². The molecule has 7 nitrogen and oxygen atoms in total. The number of amides is 3. The van der Waals surface area contributed by atoms with Crippen LogP contribution in [0.3, 0.4) is 0 Å². The van der Waals surface area contributed by atoms with E-state index >= 15 is 0 Å². The van der Waals surface area contributed by atoms with Gasteiger partial charge in [0.1, 0.15) is 12.7 Å². The van der Waals surface area contributed by atoms with Crippen LogP contribution in [0.1, 0.15) is 0 Å². The molecule has 0 aliphatic carbocycles. The molecule has 0 aromatic heterocycles. The molecule has 12 heavy (non-hydrogen) atoms. The zero-order chi connectivity index (χ0) is 8.97. The summed E-state index contributed by atoms with van der Waals surface area (Å²) in [6, 6.07) is -0.785. The smallest absolute Gasteiger partial charge is 0.407 e. The number of cyclic esters (lactones) is 1. The summed E-state index contributed by atoms with van der Waals surface area (Å²) in [5.74, 6) is 0. The van der Waals surface area contributed by atoms with Gasteiger partial charge in [-0.15, -0.1) is 0 Å². The third-order valence-electron chi connectivity index (χ3n) is 1.19. The Morgan fingerprint density at radius 1 is 1.92 bits per heavy atom. The Morgan fingerprint density at radius 2 is 2.67 bits per heavy atom. The summed E-state index contributed by atoms with van der Waals surface area (Å²) < 4.78 is 4.68. The van der Waals surface area contributed by atoms with Crippen LogP contribution in [0.5, 0.6) is 0 Å². The molecule has 1 rings (SSSR count). The lowest BCUT2D eigenvalue weighted by Crippen LogP contribution is -2.33. The minimum Gasteiger partial charge on any atom is -0.442 e. The van der Waals surface area contributed by atoms with Crippen molar-refractivity contribution in [1.82, 2.24) is 10.8 Å². The number of carbonyl (C=O) groups excluding carboxylic acids is 2. The number of urea groups is 1. The molecule has 0 radical (unpaired) electrons. The minimum absolute atomic E-state index is 0.0850. The van der Waals surface area contributed by atoms with Crippen molar-refractivity contribution in [2.24, 2.45) is 5.73 Å². The van der Waals surface area contributed by atoms with Crippen LogP contribution in [-0.2, 0) is 9.57 Å². The molecule has 3 amide bonds. The number of nitrogens with two attached hydrogens (primary N) is 1. The molecule has 1 atom stereocenters. The fourth-order valence-electron chi connectivity index (χ4n) is 0.731. The van der Waals surface area contributed by atoms with Gasteiger partial charge in [-0.05, 0) is 0 Å². The third kappa shape index (κ3) is 2.62. The number of nitrogens with one attached hydrogen (secondary N) is 2. The first-order chi connectivity index (χ1) is 5.68. The average molecular weight is 175 g/mol. The summed E-state index contributed by atoms with van der Waals surface area (Å²) in [7, 11) is 0. The zero-order valence-electron chi connectivity index (χ0n) is 6.20. The number of hydrogen-bond acceptors (Lipinski definition) is 4. The van der Waals surface area contributed by atoms with Crippen LogP contribution in [0.4, 0.5) is 9.59 Å². The van der Waals surface area contributed by atoms with E-state index in [1.807, 2.05) is 5.48 Å². The SMILES string of the molecule is NC(=O)NOCC1CNC(=O)O1. The molecule has 1 aliphatic heterocycles. The first kappa shape index (κ1) is 8.60. The number of hydroxylamine groups is 1. The van der Waals surface area contributed by atoms with Gasteiger partial charge in [-0.25, -0.2) is 15.1 Å². The second kappa shape index (κ2) is 3.77. The van der Waals surface area contributed by atoms with E-state index in [1.165, 1.54) is 0 Å². The van der Waals surface area contributed by atoms with Gasteiger partial charge in [-0.2, -0.15) is 0 Å². The van der Waals surface area contributed by atoms with Crippen LogP contribution < -0.4 is 16.5 Å². The maximum absolute atomic E-state index is 10.4. The van der Waals surface area contributed by atoms with Crippen molar-refractivity contribution in [1.29, 1.82) is 0 Å². The molecule has 1 unspecified atom stereocenters. The van der Waals surface area contributed by atoms with Gasteiger partial charge in [0.05, 0.1) is 6.54 Å². The van der Waals surface area contributed by atoms with E-state index in [0.717, 1.165) is 0 Å². The Bertz CT molecular complexity index is 195. The second-order valence-corrected chi connectivity index (χ2v) is 2.19. The van der Waals surface area contributed by atoms with E-state index in [1.54, 1.807) is 0 Å². The lowest BCUT2D eigenvalue weighted by Gasteiger charge is -2.06. The lowest BCUT2D eigenvalue weighted by atomic mass is 10.4.